The predicted molar refractivity (Wildman–Crippen MR) is 86.5 cm³/mol. The van der Waals surface area contributed by atoms with E-state index in [0.29, 0.717) is 5.54 Å². The van der Waals surface area contributed by atoms with Crippen molar-refractivity contribution in [2.24, 2.45) is 17.8 Å². The molecule has 0 atom stereocenters. The van der Waals surface area contributed by atoms with Gasteiger partial charge in [0.25, 0.3) is 0 Å². The summed E-state index contributed by atoms with van der Waals surface area (Å²) < 4.78 is 1.26. The van der Waals surface area contributed by atoms with Crippen LogP contribution in [-0.4, -0.2) is 17.5 Å². The zero-order chi connectivity index (χ0) is 13.7. The third-order valence-electron chi connectivity index (χ3n) is 6.18. The van der Waals surface area contributed by atoms with Crippen molar-refractivity contribution in [1.82, 2.24) is 4.90 Å². The van der Waals surface area contributed by atoms with Crippen LogP contribution in [0, 0.1) is 17.8 Å². The highest BCUT2D eigenvalue weighted by molar-refractivity contribution is 9.10. The second kappa shape index (κ2) is 4.84. The second-order valence-electron chi connectivity index (χ2n) is 7.59. The van der Waals surface area contributed by atoms with Gasteiger partial charge in [-0.1, -0.05) is 34.1 Å². The van der Waals surface area contributed by atoms with Crippen LogP contribution in [0.4, 0.5) is 0 Å². The Morgan fingerprint density at radius 1 is 1.05 bits per heavy atom. The van der Waals surface area contributed by atoms with Gasteiger partial charge in [0.05, 0.1) is 0 Å². The Hall–Kier alpha value is -0.340. The summed E-state index contributed by atoms with van der Waals surface area (Å²) in [6, 6.07) is 8.70. The van der Waals surface area contributed by atoms with E-state index in [-0.39, 0.29) is 0 Å². The number of rotatable bonds is 3. The highest BCUT2D eigenvalue weighted by atomic mass is 79.9. The summed E-state index contributed by atoms with van der Waals surface area (Å²) in [5.41, 5.74) is 1.95. The molecular weight excluding hydrogens is 310 g/mol. The van der Waals surface area contributed by atoms with Gasteiger partial charge >= 0.3 is 0 Å². The summed E-state index contributed by atoms with van der Waals surface area (Å²) in [5, 5.41) is 0. The molecule has 0 saturated heterocycles. The predicted octanol–water partition coefficient (Wildman–Crippen LogP) is 4.85. The van der Waals surface area contributed by atoms with E-state index in [1.54, 1.807) is 0 Å². The molecule has 4 aliphatic rings. The van der Waals surface area contributed by atoms with E-state index in [1.165, 1.54) is 48.6 Å². The molecule has 0 heterocycles. The second-order valence-corrected chi connectivity index (χ2v) is 8.44. The molecule has 4 bridgehead atoms. The van der Waals surface area contributed by atoms with Crippen LogP contribution in [-0.2, 0) is 6.54 Å². The lowest BCUT2D eigenvalue weighted by atomic mass is 9.52. The maximum Gasteiger partial charge on any atom is 0.0247 e. The molecule has 5 rings (SSSR count). The van der Waals surface area contributed by atoms with Crippen molar-refractivity contribution >= 4 is 15.9 Å². The van der Waals surface area contributed by atoms with E-state index in [4.69, 9.17) is 0 Å². The van der Waals surface area contributed by atoms with Gasteiger partial charge in [-0.05, 0) is 75.0 Å². The van der Waals surface area contributed by atoms with Gasteiger partial charge in [-0.2, -0.15) is 0 Å². The number of halogens is 1. The first kappa shape index (κ1) is 13.3. The first-order valence-electron chi connectivity index (χ1n) is 8.09. The third kappa shape index (κ3) is 2.16. The fourth-order valence-corrected chi connectivity index (χ4v) is 5.99. The van der Waals surface area contributed by atoms with Crippen LogP contribution in [0.1, 0.15) is 44.1 Å². The lowest BCUT2D eigenvalue weighted by Crippen LogP contribution is -2.58. The van der Waals surface area contributed by atoms with Crippen LogP contribution >= 0.6 is 15.9 Å². The molecule has 1 nitrogen and oxygen atoms in total. The van der Waals surface area contributed by atoms with Crippen LogP contribution < -0.4 is 0 Å². The molecule has 0 radical (unpaired) electrons. The number of hydrogen-bond acceptors (Lipinski definition) is 1. The van der Waals surface area contributed by atoms with Crippen LogP contribution in [0.5, 0.6) is 0 Å². The van der Waals surface area contributed by atoms with Crippen LogP contribution in [0.25, 0.3) is 0 Å². The lowest BCUT2D eigenvalue weighted by molar-refractivity contribution is -0.0822. The molecular formula is C18H24BrN. The van der Waals surface area contributed by atoms with Crippen LogP contribution in [0.15, 0.2) is 28.7 Å². The Kier molecular flexibility index (Phi) is 3.23. The summed E-state index contributed by atoms with van der Waals surface area (Å²) in [6.07, 6.45) is 8.96. The summed E-state index contributed by atoms with van der Waals surface area (Å²) in [5.74, 6) is 3.09. The van der Waals surface area contributed by atoms with Crippen molar-refractivity contribution in [2.75, 3.05) is 7.05 Å². The third-order valence-corrected chi connectivity index (χ3v) is 6.95. The minimum atomic E-state index is 0.518. The molecule has 4 saturated carbocycles. The SMILES string of the molecule is CN(Cc1ccccc1Br)C12CC3CC(CC(C3)C1)C2. The molecule has 0 spiro atoms. The molecule has 4 fully saturated rings. The Morgan fingerprint density at radius 2 is 1.60 bits per heavy atom. The molecule has 0 amide bonds. The van der Waals surface area contributed by atoms with E-state index in [9.17, 15) is 0 Å². The number of hydrogen-bond donors (Lipinski definition) is 0. The van der Waals surface area contributed by atoms with Gasteiger partial charge in [0.1, 0.15) is 0 Å². The Bertz CT molecular complexity index is 475. The molecule has 0 aliphatic heterocycles. The van der Waals surface area contributed by atoms with Gasteiger partial charge in [0.2, 0.25) is 0 Å². The number of nitrogens with zero attached hydrogens (tertiary/aromatic N) is 1. The summed E-state index contributed by atoms with van der Waals surface area (Å²) in [4.78, 5) is 2.69. The summed E-state index contributed by atoms with van der Waals surface area (Å²) in [7, 11) is 2.37. The van der Waals surface area contributed by atoms with Crippen molar-refractivity contribution < 1.29 is 0 Å². The van der Waals surface area contributed by atoms with Crippen molar-refractivity contribution in [3.05, 3.63) is 34.3 Å². The average molecular weight is 334 g/mol. The van der Waals surface area contributed by atoms with E-state index in [2.05, 4.69) is 52.1 Å². The van der Waals surface area contributed by atoms with Crippen molar-refractivity contribution in [2.45, 2.75) is 50.6 Å². The summed E-state index contributed by atoms with van der Waals surface area (Å²) in [6.45, 7) is 1.09. The fraction of sp³-hybridized carbons (Fsp3) is 0.667. The first-order valence-corrected chi connectivity index (χ1v) is 8.88. The van der Waals surface area contributed by atoms with Crippen molar-refractivity contribution in [1.29, 1.82) is 0 Å². The van der Waals surface area contributed by atoms with Gasteiger partial charge in [0, 0.05) is 16.6 Å². The van der Waals surface area contributed by atoms with Gasteiger partial charge < -0.3 is 0 Å². The molecule has 0 aromatic heterocycles. The van der Waals surface area contributed by atoms with E-state index >= 15 is 0 Å². The highest BCUT2D eigenvalue weighted by Crippen LogP contribution is 2.57. The van der Waals surface area contributed by atoms with Crippen LogP contribution in [0.3, 0.4) is 0 Å². The van der Waals surface area contributed by atoms with E-state index in [1.807, 2.05) is 0 Å². The zero-order valence-corrected chi connectivity index (χ0v) is 13.9. The quantitative estimate of drug-likeness (QED) is 0.764. The van der Waals surface area contributed by atoms with Crippen molar-refractivity contribution in [3.8, 4) is 0 Å². The fourth-order valence-electron chi connectivity index (χ4n) is 5.58. The smallest absolute Gasteiger partial charge is 0.0247 e. The highest BCUT2D eigenvalue weighted by Gasteiger charge is 2.52. The molecule has 0 unspecified atom stereocenters. The lowest BCUT2D eigenvalue weighted by Gasteiger charge is -2.60. The molecule has 2 heteroatoms. The van der Waals surface area contributed by atoms with E-state index < -0.39 is 0 Å². The largest absolute Gasteiger partial charge is 0.296 e. The topological polar surface area (TPSA) is 3.24 Å². The molecule has 0 N–H and O–H groups in total. The maximum absolute atomic E-state index is 3.71. The van der Waals surface area contributed by atoms with Crippen LogP contribution in [0.2, 0.25) is 0 Å². The molecule has 20 heavy (non-hydrogen) atoms. The van der Waals surface area contributed by atoms with E-state index in [0.717, 1.165) is 24.3 Å². The zero-order valence-electron chi connectivity index (χ0n) is 12.3. The normalized spacial score (nSPS) is 38.6. The minimum Gasteiger partial charge on any atom is -0.296 e. The number of benzene rings is 1. The summed E-state index contributed by atoms with van der Waals surface area (Å²) >= 11 is 3.71. The standard InChI is InChI=1S/C18H24BrN/c1-20(12-16-4-2-3-5-17(16)19)18-9-13-6-14(10-18)8-15(7-13)11-18/h2-5,13-15H,6-12H2,1H3. The minimum absolute atomic E-state index is 0.518. The Balaban J connectivity index is 1.56. The molecule has 108 valence electrons. The Morgan fingerprint density at radius 3 is 2.15 bits per heavy atom. The molecule has 1 aromatic rings. The monoisotopic (exact) mass is 333 g/mol. The van der Waals surface area contributed by atoms with Gasteiger partial charge in [0.15, 0.2) is 0 Å². The van der Waals surface area contributed by atoms with Gasteiger partial charge in [-0.25, -0.2) is 0 Å². The average Bonchev–Trinajstić information content (AvgIpc) is 2.40. The molecule has 4 aliphatic carbocycles. The maximum atomic E-state index is 3.71. The van der Waals surface area contributed by atoms with Crippen molar-refractivity contribution in [3.63, 3.8) is 0 Å². The molecule has 1 aromatic carbocycles. The Labute approximate surface area is 130 Å². The first-order chi connectivity index (χ1) is 9.64. The van der Waals surface area contributed by atoms with Gasteiger partial charge in [-0.15, -0.1) is 0 Å². The van der Waals surface area contributed by atoms with Gasteiger partial charge in [-0.3, -0.25) is 4.90 Å².